The average Bonchev–Trinajstić information content (AvgIpc) is 2.64. The van der Waals surface area contributed by atoms with Crippen LogP contribution in [0.25, 0.3) is 0 Å². The predicted octanol–water partition coefficient (Wildman–Crippen LogP) is 0.509. The molecule has 56 valence electrons. The monoisotopic (exact) mass is 141 g/mol. The van der Waals surface area contributed by atoms with Crippen molar-refractivity contribution in [1.29, 1.82) is 0 Å². The molecule has 0 aromatic rings. The number of hydrogen-bond donors (Lipinski definition) is 2. The van der Waals surface area contributed by atoms with Crippen LogP contribution in [0.3, 0.4) is 0 Å². The standard InChI is InChI=1S/C7H11NO2/c8-6(7(9)10)4-3-5-1-2-5/h3,6H,1-2,4,8H2,(H,9,10)/t6-/m0/s1. The van der Waals surface area contributed by atoms with Crippen molar-refractivity contribution in [3.05, 3.63) is 11.6 Å². The number of rotatable bonds is 3. The van der Waals surface area contributed by atoms with E-state index >= 15 is 0 Å². The first-order valence-corrected chi connectivity index (χ1v) is 3.36. The van der Waals surface area contributed by atoms with Gasteiger partial charge in [-0.15, -0.1) is 0 Å². The van der Waals surface area contributed by atoms with Gasteiger partial charge in [0, 0.05) is 0 Å². The molecule has 0 aliphatic heterocycles. The summed E-state index contributed by atoms with van der Waals surface area (Å²) in [5.41, 5.74) is 6.59. The lowest BCUT2D eigenvalue weighted by atomic mass is 10.2. The number of hydrogen-bond acceptors (Lipinski definition) is 2. The normalized spacial score (nSPS) is 18.3. The summed E-state index contributed by atoms with van der Waals surface area (Å²) in [5.74, 6) is -0.919. The number of nitrogens with two attached hydrogens (primary N) is 1. The van der Waals surface area contributed by atoms with Gasteiger partial charge in [-0.1, -0.05) is 11.6 Å². The molecule has 3 heteroatoms. The molecule has 1 atom stereocenters. The van der Waals surface area contributed by atoms with Crippen LogP contribution in [0.4, 0.5) is 0 Å². The van der Waals surface area contributed by atoms with Crippen LogP contribution in [0.15, 0.2) is 11.6 Å². The summed E-state index contributed by atoms with van der Waals surface area (Å²) in [6.07, 6.45) is 4.67. The molecule has 3 nitrogen and oxygen atoms in total. The van der Waals surface area contributed by atoms with E-state index in [0.29, 0.717) is 6.42 Å². The molecule has 0 unspecified atom stereocenters. The average molecular weight is 141 g/mol. The highest BCUT2D eigenvalue weighted by Gasteiger charge is 2.13. The molecule has 0 radical (unpaired) electrons. The van der Waals surface area contributed by atoms with Crippen molar-refractivity contribution in [3.63, 3.8) is 0 Å². The highest BCUT2D eigenvalue weighted by Crippen LogP contribution is 2.27. The van der Waals surface area contributed by atoms with Crippen LogP contribution in [0.2, 0.25) is 0 Å². The van der Waals surface area contributed by atoms with Gasteiger partial charge in [0.1, 0.15) is 6.04 Å². The molecule has 0 spiro atoms. The third-order valence-corrected chi connectivity index (χ3v) is 1.52. The number of carbonyl (C=O) groups is 1. The quantitative estimate of drug-likeness (QED) is 0.563. The number of aliphatic carboxylic acids is 1. The van der Waals surface area contributed by atoms with E-state index in [4.69, 9.17) is 10.8 Å². The fourth-order valence-corrected chi connectivity index (χ4v) is 0.671. The molecule has 0 saturated heterocycles. The summed E-state index contributed by atoms with van der Waals surface area (Å²) in [7, 11) is 0. The summed E-state index contributed by atoms with van der Waals surface area (Å²) in [6.45, 7) is 0. The predicted molar refractivity (Wildman–Crippen MR) is 37.5 cm³/mol. The molecule has 1 aliphatic carbocycles. The summed E-state index contributed by atoms with van der Waals surface area (Å²) in [5, 5.41) is 8.36. The third kappa shape index (κ3) is 2.19. The van der Waals surface area contributed by atoms with Crippen LogP contribution < -0.4 is 5.73 Å². The molecule has 1 fully saturated rings. The highest BCUT2D eigenvalue weighted by atomic mass is 16.4. The van der Waals surface area contributed by atoms with Gasteiger partial charge in [0.2, 0.25) is 0 Å². The summed E-state index contributed by atoms with van der Waals surface area (Å²) < 4.78 is 0. The van der Waals surface area contributed by atoms with Crippen molar-refractivity contribution in [3.8, 4) is 0 Å². The second kappa shape index (κ2) is 2.84. The smallest absolute Gasteiger partial charge is 0.320 e. The fourth-order valence-electron chi connectivity index (χ4n) is 0.671. The van der Waals surface area contributed by atoms with Gasteiger partial charge in [-0.2, -0.15) is 0 Å². The summed E-state index contributed by atoms with van der Waals surface area (Å²) >= 11 is 0. The zero-order chi connectivity index (χ0) is 7.56. The highest BCUT2D eigenvalue weighted by molar-refractivity contribution is 5.73. The fraction of sp³-hybridized carbons (Fsp3) is 0.571. The lowest BCUT2D eigenvalue weighted by Gasteiger charge is -1.99. The second-order valence-corrected chi connectivity index (χ2v) is 2.54. The summed E-state index contributed by atoms with van der Waals surface area (Å²) in [6, 6.07) is -0.715. The van der Waals surface area contributed by atoms with E-state index < -0.39 is 12.0 Å². The maximum atomic E-state index is 10.2. The Hall–Kier alpha value is -0.830. The van der Waals surface area contributed by atoms with Crippen LogP contribution >= 0.6 is 0 Å². The molecule has 1 saturated carbocycles. The Morgan fingerprint density at radius 2 is 2.40 bits per heavy atom. The van der Waals surface area contributed by atoms with E-state index in [2.05, 4.69) is 0 Å². The van der Waals surface area contributed by atoms with Crippen LogP contribution in [-0.4, -0.2) is 17.1 Å². The van der Waals surface area contributed by atoms with Gasteiger partial charge in [0.25, 0.3) is 0 Å². The molecule has 3 N–H and O–H groups in total. The van der Waals surface area contributed by atoms with Gasteiger partial charge in [-0.3, -0.25) is 4.79 Å². The molecule has 0 amide bonds. The SMILES string of the molecule is N[C@@H](CC=C1CC1)C(=O)O. The van der Waals surface area contributed by atoms with Crippen LogP contribution in [-0.2, 0) is 4.79 Å². The minimum Gasteiger partial charge on any atom is -0.480 e. The molecule has 0 bridgehead atoms. The van der Waals surface area contributed by atoms with Gasteiger partial charge in [0.15, 0.2) is 0 Å². The molecule has 0 heterocycles. The molecular weight excluding hydrogens is 130 g/mol. The van der Waals surface area contributed by atoms with E-state index in [0.717, 1.165) is 12.8 Å². The molecule has 1 rings (SSSR count). The topological polar surface area (TPSA) is 63.3 Å². The van der Waals surface area contributed by atoms with Crippen molar-refractivity contribution in [2.75, 3.05) is 0 Å². The second-order valence-electron chi connectivity index (χ2n) is 2.54. The third-order valence-electron chi connectivity index (χ3n) is 1.52. The molecule has 1 aliphatic rings. The molecule has 0 aromatic heterocycles. The van der Waals surface area contributed by atoms with Crippen LogP contribution in [0.5, 0.6) is 0 Å². The first-order valence-electron chi connectivity index (χ1n) is 3.36. The number of allylic oxidation sites excluding steroid dienone is 1. The van der Waals surface area contributed by atoms with E-state index in [9.17, 15) is 4.79 Å². The zero-order valence-corrected chi connectivity index (χ0v) is 5.71. The Labute approximate surface area is 59.5 Å². The van der Waals surface area contributed by atoms with Gasteiger partial charge >= 0.3 is 5.97 Å². The minimum atomic E-state index is -0.919. The Morgan fingerprint density at radius 1 is 1.80 bits per heavy atom. The Balaban J connectivity index is 2.23. The van der Waals surface area contributed by atoms with Crippen molar-refractivity contribution in [1.82, 2.24) is 0 Å². The minimum absolute atomic E-state index is 0.477. The largest absolute Gasteiger partial charge is 0.480 e. The first kappa shape index (κ1) is 7.28. The molecule has 0 aromatic carbocycles. The zero-order valence-electron chi connectivity index (χ0n) is 5.71. The van der Waals surface area contributed by atoms with E-state index in [1.54, 1.807) is 0 Å². The molecular formula is C7H11NO2. The summed E-state index contributed by atoms with van der Waals surface area (Å²) in [4.78, 5) is 10.2. The van der Waals surface area contributed by atoms with Crippen LogP contribution in [0.1, 0.15) is 19.3 Å². The Bertz CT molecular complexity index is 168. The lowest BCUT2D eigenvalue weighted by molar-refractivity contribution is -0.138. The van der Waals surface area contributed by atoms with E-state index in [-0.39, 0.29) is 0 Å². The first-order chi connectivity index (χ1) is 4.70. The van der Waals surface area contributed by atoms with Crippen LogP contribution in [0, 0.1) is 0 Å². The van der Waals surface area contributed by atoms with Crippen molar-refractivity contribution < 1.29 is 9.90 Å². The maximum Gasteiger partial charge on any atom is 0.320 e. The van der Waals surface area contributed by atoms with Gasteiger partial charge < -0.3 is 10.8 Å². The Kier molecular flexibility index (Phi) is 2.06. The Morgan fingerprint density at radius 3 is 2.80 bits per heavy atom. The van der Waals surface area contributed by atoms with Gasteiger partial charge in [0.05, 0.1) is 0 Å². The lowest BCUT2D eigenvalue weighted by Crippen LogP contribution is -2.29. The number of carboxylic acid groups (broad SMARTS) is 1. The van der Waals surface area contributed by atoms with Crippen molar-refractivity contribution in [2.24, 2.45) is 5.73 Å². The van der Waals surface area contributed by atoms with E-state index in [1.165, 1.54) is 5.57 Å². The van der Waals surface area contributed by atoms with Gasteiger partial charge in [-0.05, 0) is 19.3 Å². The number of carboxylic acids is 1. The van der Waals surface area contributed by atoms with Crippen molar-refractivity contribution in [2.45, 2.75) is 25.3 Å². The maximum absolute atomic E-state index is 10.2. The van der Waals surface area contributed by atoms with Gasteiger partial charge in [-0.25, -0.2) is 0 Å². The van der Waals surface area contributed by atoms with Crippen molar-refractivity contribution >= 4 is 5.97 Å². The van der Waals surface area contributed by atoms with E-state index in [1.807, 2.05) is 6.08 Å². The molecule has 10 heavy (non-hydrogen) atoms.